The zero-order valence-electron chi connectivity index (χ0n) is 14.4. The topological polar surface area (TPSA) is 74.5 Å². The fraction of sp³-hybridized carbons (Fsp3) is 0.632. The van der Waals surface area contributed by atoms with Gasteiger partial charge in [-0.05, 0) is 31.8 Å². The molecule has 3 aliphatic rings. The van der Waals surface area contributed by atoms with Crippen molar-refractivity contribution in [2.45, 2.75) is 77.0 Å². The van der Waals surface area contributed by atoms with E-state index in [1.54, 1.807) is 0 Å². The SMILES string of the molecule is CCC1=C(O)Cc2oc(C)c(C3NC4CCCCC4N3)c(=O)c2C1. The highest BCUT2D eigenvalue weighted by molar-refractivity contribution is 5.38. The quantitative estimate of drug-likeness (QED) is 0.777. The monoisotopic (exact) mass is 330 g/mol. The third-order valence-corrected chi connectivity index (χ3v) is 5.88. The maximum Gasteiger partial charge on any atom is 0.195 e. The highest BCUT2D eigenvalue weighted by Crippen LogP contribution is 2.31. The highest BCUT2D eigenvalue weighted by atomic mass is 16.3. The van der Waals surface area contributed by atoms with Crippen molar-refractivity contribution in [1.82, 2.24) is 10.6 Å². The Morgan fingerprint density at radius 3 is 2.46 bits per heavy atom. The first-order valence-electron chi connectivity index (χ1n) is 9.15. The lowest BCUT2D eigenvalue weighted by Crippen LogP contribution is -2.36. The van der Waals surface area contributed by atoms with Gasteiger partial charge in [0.15, 0.2) is 5.43 Å². The van der Waals surface area contributed by atoms with Crippen LogP contribution in [0.3, 0.4) is 0 Å². The van der Waals surface area contributed by atoms with E-state index in [4.69, 9.17) is 4.42 Å². The first kappa shape index (κ1) is 15.9. The molecule has 5 heteroatoms. The van der Waals surface area contributed by atoms with Crippen molar-refractivity contribution in [3.05, 3.63) is 44.2 Å². The molecule has 2 heterocycles. The van der Waals surface area contributed by atoms with Gasteiger partial charge in [0, 0.05) is 24.1 Å². The summed E-state index contributed by atoms with van der Waals surface area (Å²) in [7, 11) is 0. The van der Waals surface area contributed by atoms with Crippen LogP contribution < -0.4 is 16.1 Å². The number of fused-ring (bicyclic) bond motifs is 2. The predicted octanol–water partition coefficient (Wildman–Crippen LogP) is 2.77. The van der Waals surface area contributed by atoms with Crippen molar-refractivity contribution in [2.24, 2.45) is 0 Å². The van der Waals surface area contributed by atoms with E-state index in [-0.39, 0.29) is 11.6 Å². The molecule has 130 valence electrons. The van der Waals surface area contributed by atoms with Gasteiger partial charge >= 0.3 is 0 Å². The number of aliphatic hydroxyl groups is 1. The Morgan fingerprint density at radius 2 is 1.83 bits per heavy atom. The molecule has 2 unspecified atom stereocenters. The van der Waals surface area contributed by atoms with Crippen LogP contribution in [0.2, 0.25) is 0 Å². The van der Waals surface area contributed by atoms with Crippen molar-refractivity contribution >= 4 is 0 Å². The van der Waals surface area contributed by atoms with Gasteiger partial charge in [-0.15, -0.1) is 0 Å². The van der Waals surface area contributed by atoms with Gasteiger partial charge in [0.25, 0.3) is 0 Å². The van der Waals surface area contributed by atoms with E-state index in [1.165, 1.54) is 25.7 Å². The van der Waals surface area contributed by atoms with E-state index < -0.39 is 0 Å². The lowest BCUT2D eigenvalue weighted by Gasteiger charge is -2.23. The normalized spacial score (nSPS) is 29.5. The Morgan fingerprint density at radius 1 is 1.17 bits per heavy atom. The number of aliphatic hydroxyl groups excluding tert-OH is 1. The molecular weight excluding hydrogens is 304 g/mol. The second kappa shape index (κ2) is 6.05. The average Bonchev–Trinajstić information content (AvgIpc) is 2.97. The summed E-state index contributed by atoms with van der Waals surface area (Å²) in [4.78, 5) is 13.2. The summed E-state index contributed by atoms with van der Waals surface area (Å²) in [6, 6.07) is 0.905. The van der Waals surface area contributed by atoms with Crippen LogP contribution in [0.5, 0.6) is 0 Å². The summed E-state index contributed by atoms with van der Waals surface area (Å²) in [5.41, 5.74) is 2.48. The van der Waals surface area contributed by atoms with Gasteiger partial charge in [-0.1, -0.05) is 19.8 Å². The zero-order valence-corrected chi connectivity index (χ0v) is 14.4. The van der Waals surface area contributed by atoms with Crippen LogP contribution in [0.4, 0.5) is 0 Å². The molecule has 2 fully saturated rings. The van der Waals surface area contributed by atoms with Crippen molar-refractivity contribution in [3.63, 3.8) is 0 Å². The predicted molar refractivity (Wildman–Crippen MR) is 92.1 cm³/mol. The Bertz CT molecular complexity index is 736. The second-order valence-corrected chi connectivity index (χ2v) is 7.32. The van der Waals surface area contributed by atoms with Gasteiger partial charge < -0.3 is 9.52 Å². The lowest BCUT2D eigenvalue weighted by molar-refractivity contribution is 0.351. The average molecular weight is 330 g/mol. The minimum atomic E-state index is -0.121. The molecule has 0 aromatic carbocycles. The van der Waals surface area contributed by atoms with E-state index >= 15 is 0 Å². The summed E-state index contributed by atoms with van der Waals surface area (Å²) < 4.78 is 5.97. The van der Waals surface area contributed by atoms with Crippen LogP contribution in [-0.4, -0.2) is 17.2 Å². The molecule has 5 nitrogen and oxygen atoms in total. The Labute approximate surface area is 142 Å². The maximum absolute atomic E-state index is 13.2. The zero-order chi connectivity index (χ0) is 16.8. The van der Waals surface area contributed by atoms with E-state index in [2.05, 4.69) is 10.6 Å². The molecule has 3 N–H and O–H groups in total. The molecule has 1 aromatic heterocycles. The van der Waals surface area contributed by atoms with Crippen molar-refractivity contribution in [2.75, 3.05) is 0 Å². The second-order valence-electron chi connectivity index (χ2n) is 7.32. The Hall–Kier alpha value is -1.59. The molecular formula is C19H26N2O3. The molecule has 0 amide bonds. The number of hydrogen-bond acceptors (Lipinski definition) is 5. The first-order chi connectivity index (χ1) is 11.6. The molecule has 1 aromatic rings. The van der Waals surface area contributed by atoms with Crippen LogP contribution in [-0.2, 0) is 12.8 Å². The Balaban J connectivity index is 1.70. The molecule has 1 saturated carbocycles. The van der Waals surface area contributed by atoms with Gasteiger partial charge in [0.05, 0.1) is 23.9 Å². The van der Waals surface area contributed by atoms with Gasteiger partial charge in [0.2, 0.25) is 0 Å². The molecule has 1 aliphatic heterocycles. The highest BCUT2D eigenvalue weighted by Gasteiger charge is 2.38. The number of rotatable bonds is 2. The van der Waals surface area contributed by atoms with E-state index in [0.717, 1.165) is 23.1 Å². The largest absolute Gasteiger partial charge is 0.512 e. The fourth-order valence-electron chi connectivity index (χ4n) is 4.50. The smallest absolute Gasteiger partial charge is 0.195 e. The van der Waals surface area contributed by atoms with E-state index in [9.17, 15) is 9.90 Å². The molecule has 0 bridgehead atoms. The number of nitrogens with one attached hydrogen (secondary N) is 2. The van der Waals surface area contributed by atoms with Crippen molar-refractivity contribution < 1.29 is 9.52 Å². The summed E-state index contributed by atoms with van der Waals surface area (Å²) in [6.45, 7) is 3.87. The molecule has 24 heavy (non-hydrogen) atoms. The molecule has 1 saturated heterocycles. The summed E-state index contributed by atoms with van der Waals surface area (Å²) in [5, 5.41) is 17.3. The van der Waals surface area contributed by atoms with E-state index in [1.807, 2.05) is 13.8 Å². The van der Waals surface area contributed by atoms with Crippen LogP contribution >= 0.6 is 0 Å². The van der Waals surface area contributed by atoms with Crippen LogP contribution in [0, 0.1) is 6.92 Å². The lowest BCUT2D eigenvalue weighted by atomic mass is 9.91. The number of hydrogen-bond donors (Lipinski definition) is 3. The van der Waals surface area contributed by atoms with Crippen LogP contribution in [0.15, 0.2) is 20.5 Å². The van der Waals surface area contributed by atoms with Gasteiger partial charge in [-0.2, -0.15) is 0 Å². The molecule has 4 rings (SSSR count). The standard InChI is InChI=1S/C19H26N2O3/c1-3-11-8-12-16(9-15(11)22)24-10(2)17(18(12)23)19-20-13-6-4-5-7-14(13)21-19/h13-14,19-22H,3-9H2,1-2H3. The molecule has 0 radical (unpaired) electrons. The van der Waals surface area contributed by atoms with Crippen molar-refractivity contribution in [1.29, 1.82) is 0 Å². The Kier molecular flexibility index (Phi) is 4.01. The number of allylic oxidation sites excluding steroid dienone is 2. The van der Waals surface area contributed by atoms with Gasteiger partial charge in [-0.25, -0.2) is 0 Å². The summed E-state index contributed by atoms with van der Waals surface area (Å²) >= 11 is 0. The van der Waals surface area contributed by atoms with Gasteiger partial charge in [-0.3, -0.25) is 15.4 Å². The summed E-state index contributed by atoms with van der Waals surface area (Å²) in [6.07, 6.45) is 6.33. The molecule has 2 aliphatic carbocycles. The third kappa shape index (κ3) is 2.50. The maximum atomic E-state index is 13.2. The first-order valence-corrected chi connectivity index (χ1v) is 9.15. The van der Waals surface area contributed by atoms with Crippen LogP contribution in [0.25, 0.3) is 0 Å². The van der Waals surface area contributed by atoms with Gasteiger partial charge in [0.1, 0.15) is 11.5 Å². The minimum absolute atomic E-state index is 0.0795. The van der Waals surface area contributed by atoms with Crippen LogP contribution in [0.1, 0.15) is 67.8 Å². The molecule has 0 spiro atoms. The minimum Gasteiger partial charge on any atom is -0.512 e. The number of aryl methyl sites for hydroxylation is 1. The molecule has 2 atom stereocenters. The fourth-order valence-corrected chi connectivity index (χ4v) is 4.50. The van der Waals surface area contributed by atoms with Crippen molar-refractivity contribution in [3.8, 4) is 0 Å². The summed E-state index contributed by atoms with van der Waals surface area (Å²) in [5.74, 6) is 1.66. The third-order valence-electron chi connectivity index (χ3n) is 5.88. The van der Waals surface area contributed by atoms with E-state index in [0.29, 0.717) is 42.2 Å².